The van der Waals surface area contributed by atoms with Gasteiger partial charge in [-0.15, -0.1) is 0 Å². The van der Waals surface area contributed by atoms with Gasteiger partial charge in [-0.1, -0.05) is 38.1 Å². The number of hydrogen-bond acceptors (Lipinski definition) is 3. The minimum Gasteiger partial charge on any atom is -0.456 e. The largest absolute Gasteiger partial charge is 0.498 e. The van der Waals surface area contributed by atoms with Crippen LogP contribution >= 0.6 is 0 Å². The first kappa shape index (κ1) is 17.6. The Labute approximate surface area is 155 Å². The van der Waals surface area contributed by atoms with E-state index in [2.05, 4.69) is 65.8 Å². The van der Waals surface area contributed by atoms with Crippen LogP contribution in [-0.4, -0.2) is 18.3 Å². The summed E-state index contributed by atoms with van der Waals surface area (Å²) in [6.45, 7) is 12.8. The Bertz CT molecular complexity index is 952. The second-order valence-corrected chi connectivity index (χ2v) is 8.85. The van der Waals surface area contributed by atoms with Crippen molar-refractivity contribution in [3.8, 4) is 0 Å². The first-order chi connectivity index (χ1) is 12.2. The van der Waals surface area contributed by atoms with Gasteiger partial charge >= 0.3 is 7.12 Å². The molecule has 136 valence electrons. The number of rotatable bonds is 3. The highest BCUT2D eigenvalue weighted by atomic mass is 16.7. The average Bonchev–Trinajstić information content (AvgIpc) is 3.00. The molecule has 3 nitrogen and oxygen atoms in total. The molecular weight excluding hydrogens is 323 g/mol. The third-order valence-electron chi connectivity index (χ3n) is 5.72. The molecule has 26 heavy (non-hydrogen) atoms. The zero-order chi connectivity index (χ0) is 18.7. The predicted molar refractivity (Wildman–Crippen MR) is 108 cm³/mol. The number of hydrogen-bond donors (Lipinski definition) is 0. The van der Waals surface area contributed by atoms with Crippen molar-refractivity contribution in [2.45, 2.75) is 59.2 Å². The van der Waals surface area contributed by atoms with Crippen LogP contribution < -0.4 is 5.46 Å². The molecule has 4 heteroatoms. The summed E-state index contributed by atoms with van der Waals surface area (Å²) in [6.07, 6.45) is 1.02. The highest BCUT2D eigenvalue weighted by molar-refractivity contribution is 6.65. The van der Waals surface area contributed by atoms with Gasteiger partial charge in [0.1, 0.15) is 11.2 Å². The van der Waals surface area contributed by atoms with Crippen molar-refractivity contribution in [1.29, 1.82) is 0 Å². The van der Waals surface area contributed by atoms with Crippen LogP contribution in [-0.2, 0) is 15.7 Å². The molecule has 0 amide bonds. The van der Waals surface area contributed by atoms with E-state index in [1.54, 1.807) is 0 Å². The topological polar surface area (TPSA) is 31.6 Å². The van der Waals surface area contributed by atoms with Crippen molar-refractivity contribution >= 4 is 34.5 Å². The van der Waals surface area contributed by atoms with E-state index in [0.29, 0.717) is 5.92 Å². The summed E-state index contributed by atoms with van der Waals surface area (Å²) >= 11 is 0. The van der Waals surface area contributed by atoms with Crippen LogP contribution in [0.15, 0.2) is 40.8 Å². The number of furan rings is 1. The van der Waals surface area contributed by atoms with Gasteiger partial charge in [-0.25, -0.2) is 0 Å². The monoisotopic (exact) mass is 350 g/mol. The van der Waals surface area contributed by atoms with Gasteiger partial charge in [0.2, 0.25) is 0 Å². The van der Waals surface area contributed by atoms with E-state index in [1.165, 1.54) is 5.56 Å². The standard InChI is InChI=1S/C22H27BO3/c1-14(2)11-15-12-17-16-9-7-8-10-19(16)24-20(17)18(13-15)23-25-21(3,4)22(5,6)26-23/h7-10,12-14H,11H2,1-6H3. The molecule has 0 spiro atoms. The van der Waals surface area contributed by atoms with Gasteiger partial charge in [0.15, 0.2) is 0 Å². The van der Waals surface area contributed by atoms with Crippen molar-refractivity contribution in [2.75, 3.05) is 0 Å². The zero-order valence-electron chi connectivity index (χ0n) is 16.6. The zero-order valence-corrected chi connectivity index (χ0v) is 16.6. The highest BCUT2D eigenvalue weighted by Crippen LogP contribution is 2.38. The summed E-state index contributed by atoms with van der Waals surface area (Å²) in [5, 5.41) is 2.29. The fourth-order valence-electron chi connectivity index (χ4n) is 3.65. The van der Waals surface area contributed by atoms with Crippen LogP contribution in [0.2, 0.25) is 0 Å². The SMILES string of the molecule is CC(C)Cc1cc(B2OC(C)(C)C(C)(C)O2)c2oc3ccccc3c2c1. The summed E-state index contributed by atoms with van der Waals surface area (Å²) in [5.74, 6) is 0.580. The molecule has 1 fully saturated rings. The first-order valence-corrected chi connectivity index (χ1v) is 9.48. The van der Waals surface area contributed by atoms with Crippen molar-refractivity contribution < 1.29 is 13.7 Å². The molecule has 1 aromatic heterocycles. The highest BCUT2D eigenvalue weighted by Gasteiger charge is 2.52. The second-order valence-electron chi connectivity index (χ2n) is 8.85. The van der Waals surface area contributed by atoms with Crippen LogP contribution in [0.5, 0.6) is 0 Å². The van der Waals surface area contributed by atoms with Gasteiger partial charge in [0.05, 0.1) is 11.2 Å². The lowest BCUT2D eigenvalue weighted by molar-refractivity contribution is 0.00578. The Kier molecular flexibility index (Phi) is 3.98. The second kappa shape index (κ2) is 5.87. The van der Waals surface area contributed by atoms with Crippen molar-refractivity contribution in [3.63, 3.8) is 0 Å². The number of para-hydroxylation sites is 1. The molecule has 3 aromatic rings. The van der Waals surface area contributed by atoms with E-state index in [-0.39, 0.29) is 11.2 Å². The van der Waals surface area contributed by atoms with Crippen molar-refractivity contribution in [2.24, 2.45) is 5.92 Å². The van der Waals surface area contributed by atoms with E-state index in [9.17, 15) is 0 Å². The summed E-state index contributed by atoms with van der Waals surface area (Å²) < 4.78 is 18.9. The summed E-state index contributed by atoms with van der Waals surface area (Å²) in [5.41, 5.74) is 3.32. The molecule has 1 aliphatic rings. The maximum absolute atomic E-state index is 6.33. The fourth-order valence-corrected chi connectivity index (χ4v) is 3.65. The Morgan fingerprint density at radius 1 is 0.923 bits per heavy atom. The molecule has 1 aliphatic heterocycles. The fraction of sp³-hybridized carbons (Fsp3) is 0.455. The normalized spacial score (nSPS) is 19.1. The smallest absolute Gasteiger partial charge is 0.456 e. The lowest BCUT2D eigenvalue weighted by Crippen LogP contribution is -2.41. The summed E-state index contributed by atoms with van der Waals surface area (Å²) in [7, 11) is -0.421. The van der Waals surface area contributed by atoms with Gasteiger partial charge in [-0.3, -0.25) is 0 Å². The maximum Gasteiger partial charge on any atom is 0.498 e. The van der Waals surface area contributed by atoms with Crippen LogP contribution in [0.3, 0.4) is 0 Å². The Morgan fingerprint density at radius 2 is 1.58 bits per heavy atom. The minimum atomic E-state index is -0.421. The van der Waals surface area contributed by atoms with Gasteiger partial charge in [0, 0.05) is 16.2 Å². The summed E-state index contributed by atoms with van der Waals surface area (Å²) in [4.78, 5) is 0. The molecule has 0 radical (unpaired) electrons. The minimum absolute atomic E-state index is 0.371. The van der Waals surface area contributed by atoms with Crippen LogP contribution in [0.1, 0.15) is 47.1 Å². The molecule has 0 aliphatic carbocycles. The molecule has 2 heterocycles. The number of benzene rings is 2. The molecule has 0 saturated carbocycles. The van der Waals surface area contributed by atoms with E-state index in [4.69, 9.17) is 13.7 Å². The molecule has 0 unspecified atom stereocenters. The van der Waals surface area contributed by atoms with E-state index < -0.39 is 7.12 Å². The van der Waals surface area contributed by atoms with Gasteiger partial charge in [-0.2, -0.15) is 0 Å². The van der Waals surface area contributed by atoms with E-state index in [0.717, 1.165) is 33.8 Å². The predicted octanol–water partition coefficient (Wildman–Crippen LogP) is 5.08. The number of fused-ring (bicyclic) bond motifs is 3. The van der Waals surface area contributed by atoms with Crippen molar-refractivity contribution in [1.82, 2.24) is 0 Å². The Balaban J connectivity index is 1.93. The average molecular weight is 350 g/mol. The van der Waals surface area contributed by atoms with E-state index in [1.807, 2.05) is 12.1 Å². The molecule has 0 N–H and O–H groups in total. The molecule has 4 rings (SSSR count). The molecule has 2 aromatic carbocycles. The van der Waals surface area contributed by atoms with Crippen LogP contribution in [0.4, 0.5) is 0 Å². The van der Waals surface area contributed by atoms with Gasteiger partial charge < -0.3 is 13.7 Å². The van der Waals surface area contributed by atoms with Crippen LogP contribution in [0.25, 0.3) is 21.9 Å². The Hall–Kier alpha value is -1.78. The lowest BCUT2D eigenvalue weighted by Gasteiger charge is -2.32. The maximum atomic E-state index is 6.33. The Morgan fingerprint density at radius 3 is 2.23 bits per heavy atom. The molecule has 0 atom stereocenters. The van der Waals surface area contributed by atoms with Crippen LogP contribution in [0, 0.1) is 5.92 Å². The third kappa shape index (κ3) is 2.76. The third-order valence-corrected chi connectivity index (χ3v) is 5.72. The summed E-state index contributed by atoms with van der Waals surface area (Å²) in [6, 6.07) is 12.7. The van der Waals surface area contributed by atoms with Gasteiger partial charge in [-0.05, 0) is 57.7 Å². The lowest BCUT2D eigenvalue weighted by atomic mass is 9.76. The van der Waals surface area contributed by atoms with Gasteiger partial charge in [0.25, 0.3) is 0 Å². The molecular formula is C22H27BO3. The quantitative estimate of drug-likeness (QED) is 0.617. The molecule has 0 bridgehead atoms. The first-order valence-electron chi connectivity index (χ1n) is 9.48. The molecule has 1 saturated heterocycles. The van der Waals surface area contributed by atoms with Crippen molar-refractivity contribution in [3.05, 3.63) is 42.0 Å². The van der Waals surface area contributed by atoms with E-state index >= 15 is 0 Å².